The summed E-state index contributed by atoms with van der Waals surface area (Å²) in [4.78, 5) is 12.2. The van der Waals surface area contributed by atoms with E-state index in [1.165, 1.54) is 19.3 Å². The molecule has 0 N–H and O–H groups in total. The van der Waals surface area contributed by atoms with Crippen LogP contribution in [0.25, 0.3) is 0 Å². The maximum atomic E-state index is 12.2. The van der Waals surface area contributed by atoms with Gasteiger partial charge in [0, 0.05) is 5.92 Å². The molecule has 0 unspecified atom stereocenters. The van der Waals surface area contributed by atoms with Gasteiger partial charge in [-0.15, -0.1) is 0 Å². The van der Waals surface area contributed by atoms with Crippen LogP contribution in [0.2, 0.25) is 0 Å². The molecule has 2 nitrogen and oxygen atoms in total. The SMILES string of the molecule is CCC1CCC(C(=O)c2ccoc2C)CC1. The number of rotatable bonds is 3. The summed E-state index contributed by atoms with van der Waals surface area (Å²) in [5.41, 5.74) is 0.792. The molecule has 0 bridgehead atoms. The van der Waals surface area contributed by atoms with Gasteiger partial charge in [0.1, 0.15) is 5.76 Å². The number of hydrogen-bond donors (Lipinski definition) is 0. The lowest BCUT2D eigenvalue weighted by molar-refractivity contribution is 0.0869. The fourth-order valence-corrected chi connectivity index (χ4v) is 2.69. The molecule has 0 atom stereocenters. The van der Waals surface area contributed by atoms with Crippen molar-refractivity contribution in [1.82, 2.24) is 0 Å². The molecule has 1 saturated carbocycles. The van der Waals surface area contributed by atoms with E-state index in [0.29, 0.717) is 5.78 Å². The van der Waals surface area contributed by atoms with Gasteiger partial charge >= 0.3 is 0 Å². The smallest absolute Gasteiger partial charge is 0.169 e. The molecule has 88 valence electrons. The Morgan fingerprint density at radius 3 is 2.56 bits per heavy atom. The summed E-state index contributed by atoms with van der Waals surface area (Å²) in [5.74, 6) is 2.14. The highest BCUT2D eigenvalue weighted by molar-refractivity contribution is 5.98. The standard InChI is InChI=1S/C14H20O2/c1-3-11-4-6-12(7-5-11)14(15)13-8-9-16-10(13)2/h8-9,11-12H,3-7H2,1-2H3. The molecule has 1 aliphatic rings. The van der Waals surface area contributed by atoms with E-state index in [0.717, 1.165) is 30.1 Å². The molecule has 0 saturated heterocycles. The van der Waals surface area contributed by atoms with Gasteiger partial charge in [-0.3, -0.25) is 4.79 Å². The third-order valence-electron chi connectivity index (χ3n) is 3.92. The van der Waals surface area contributed by atoms with E-state index in [4.69, 9.17) is 4.42 Å². The fraction of sp³-hybridized carbons (Fsp3) is 0.643. The first-order valence-corrected chi connectivity index (χ1v) is 6.30. The number of furan rings is 1. The lowest BCUT2D eigenvalue weighted by Crippen LogP contribution is -2.21. The molecule has 1 aromatic rings. The Morgan fingerprint density at radius 1 is 1.38 bits per heavy atom. The van der Waals surface area contributed by atoms with E-state index in [9.17, 15) is 4.79 Å². The highest BCUT2D eigenvalue weighted by atomic mass is 16.3. The molecule has 0 spiro atoms. The molecule has 0 amide bonds. The van der Waals surface area contributed by atoms with Crippen LogP contribution in [0.15, 0.2) is 16.7 Å². The normalized spacial score (nSPS) is 25.6. The molecule has 0 radical (unpaired) electrons. The third kappa shape index (κ3) is 2.21. The lowest BCUT2D eigenvalue weighted by atomic mass is 9.78. The second-order valence-corrected chi connectivity index (χ2v) is 4.88. The van der Waals surface area contributed by atoms with Crippen molar-refractivity contribution >= 4 is 5.78 Å². The summed E-state index contributed by atoms with van der Waals surface area (Å²) in [6.07, 6.45) is 7.41. The second kappa shape index (κ2) is 4.86. The van der Waals surface area contributed by atoms with E-state index >= 15 is 0 Å². The van der Waals surface area contributed by atoms with E-state index in [2.05, 4.69) is 6.92 Å². The first-order chi connectivity index (χ1) is 7.72. The van der Waals surface area contributed by atoms with Crippen molar-refractivity contribution in [2.75, 3.05) is 0 Å². The molecule has 2 rings (SSSR count). The topological polar surface area (TPSA) is 30.2 Å². The molecular formula is C14H20O2. The monoisotopic (exact) mass is 220 g/mol. The number of carbonyl (C=O) groups is 1. The van der Waals surface area contributed by atoms with Gasteiger partial charge in [-0.25, -0.2) is 0 Å². The number of hydrogen-bond acceptors (Lipinski definition) is 2. The Kier molecular flexibility index (Phi) is 3.47. The van der Waals surface area contributed by atoms with Crippen LogP contribution in [0.1, 0.15) is 55.1 Å². The van der Waals surface area contributed by atoms with E-state index in [1.54, 1.807) is 6.26 Å². The molecule has 1 aromatic heterocycles. The predicted molar refractivity (Wildman–Crippen MR) is 63.5 cm³/mol. The molecule has 16 heavy (non-hydrogen) atoms. The van der Waals surface area contributed by atoms with Crippen molar-refractivity contribution in [3.05, 3.63) is 23.7 Å². The van der Waals surface area contributed by atoms with E-state index in [-0.39, 0.29) is 5.92 Å². The van der Waals surface area contributed by atoms with E-state index in [1.807, 2.05) is 13.0 Å². The van der Waals surface area contributed by atoms with Gasteiger partial charge in [0.15, 0.2) is 5.78 Å². The average Bonchev–Trinajstić information content (AvgIpc) is 2.75. The van der Waals surface area contributed by atoms with Crippen LogP contribution >= 0.6 is 0 Å². The van der Waals surface area contributed by atoms with Gasteiger partial charge in [-0.1, -0.05) is 13.3 Å². The Hall–Kier alpha value is -1.05. The van der Waals surface area contributed by atoms with Crippen LogP contribution in [0.4, 0.5) is 0 Å². The van der Waals surface area contributed by atoms with Gasteiger partial charge in [-0.05, 0) is 44.6 Å². The second-order valence-electron chi connectivity index (χ2n) is 4.88. The number of carbonyl (C=O) groups excluding carboxylic acids is 1. The van der Waals surface area contributed by atoms with Gasteiger partial charge in [0.05, 0.1) is 11.8 Å². The van der Waals surface area contributed by atoms with Crippen molar-refractivity contribution in [2.45, 2.75) is 46.0 Å². The summed E-state index contributed by atoms with van der Waals surface area (Å²) < 4.78 is 5.20. The average molecular weight is 220 g/mol. The molecule has 0 aliphatic heterocycles. The largest absolute Gasteiger partial charge is 0.469 e. The van der Waals surface area contributed by atoms with Crippen molar-refractivity contribution in [2.24, 2.45) is 11.8 Å². The van der Waals surface area contributed by atoms with Crippen molar-refractivity contribution in [3.8, 4) is 0 Å². The summed E-state index contributed by atoms with van der Waals surface area (Å²) in [5, 5.41) is 0. The third-order valence-corrected chi connectivity index (χ3v) is 3.92. The first-order valence-electron chi connectivity index (χ1n) is 6.30. The van der Waals surface area contributed by atoms with E-state index < -0.39 is 0 Å². The summed E-state index contributed by atoms with van der Waals surface area (Å²) in [6.45, 7) is 4.11. The zero-order valence-corrected chi connectivity index (χ0v) is 10.2. The van der Waals surface area contributed by atoms with Crippen molar-refractivity contribution in [3.63, 3.8) is 0 Å². The summed E-state index contributed by atoms with van der Waals surface area (Å²) in [6, 6.07) is 1.81. The Balaban J connectivity index is 2.00. The predicted octanol–water partition coefficient (Wildman–Crippen LogP) is 3.99. The maximum absolute atomic E-state index is 12.2. The van der Waals surface area contributed by atoms with Crippen LogP contribution in [0.5, 0.6) is 0 Å². The minimum Gasteiger partial charge on any atom is -0.469 e. The number of ketones is 1. The first kappa shape index (κ1) is 11.4. The molecule has 2 heteroatoms. The van der Waals surface area contributed by atoms with Crippen molar-refractivity contribution in [1.29, 1.82) is 0 Å². The van der Waals surface area contributed by atoms with Crippen LogP contribution in [-0.2, 0) is 0 Å². The zero-order valence-electron chi connectivity index (χ0n) is 10.2. The Labute approximate surface area is 97.0 Å². The summed E-state index contributed by atoms with van der Waals surface area (Å²) >= 11 is 0. The van der Waals surface area contributed by atoms with Gasteiger partial charge in [0.2, 0.25) is 0 Å². The Bertz CT molecular complexity index is 357. The molecule has 0 aromatic carbocycles. The molecule has 1 heterocycles. The zero-order chi connectivity index (χ0) is 11.5. The quantitative estimate of drug-likeness (QED) is 0.721. The van der Waals surface area contributed by atoms with Crippen molar-refractivity contribution < 1.29 is 9.21 Å². The highest BCUT2D eigenvalue weighted by Gasteiger charge is 2.27. The van der Waals surface area contributed by atoms with Gasteiger partial charge in [0.25, 0.3) is 0 Å². The fourth-order valence-electron chi connectivity index (χ4n) is 2.69. The minimum atomic E-state index is 0.235. The molecule has 1 fully saturated rings. The molecule has 1 aliphatic carbocycles. The minimum absolute atomic E-state index is 0.235. The van der Waals surface area contributed by atoms with Crippen LogP contribution in [0, 0.1) is 18.8 Å². The Morgan fingerprint density at radius 2 is 2.06 bits per heavy atom. The lowest BCUT2D eigenvalue weighted by Gasteiger charge is -2.26. The number of Topliss-reactive ketones (excluding diaryl/α,β-unsaturated/α-hetero) is 1. The summed E-state index contributed by atoms with van der Waals surface area (Å²) in [7, 11) is 0. The highest BCUT2D eigenvalue weighted by Crippen LogP contribution is 2.33. The number of aryl methyl sites for hydroxylation is 1. The van der Waals surface area contributed by atoms with Gasteiger partial charge < -0.3 is 4.42 Å². The van der Waals surface area contributed by atoms with Crippen LogP contribution < -0.4 is 0 Å². The van der Waals surface area contributed by atoms with Crippen LogP contribution in [-0.4, -0.2) is 5.78 Å². The maximum Gasteiger partial charge on any atom is 0.169 e. The molecular weight excluding hydrogens is 200 g/mol. The van der Waals surface area contributed by atoms with Crippen LogP contribution in [0.3, 0.4) is 0 Å². The van der Waals surface area contributed by atoms with Gasteiger partial charge in [-0.2, -0.15) is 0 Å².